The molecule has 0 spiro atoms. The molecule has 0 saturated carbocycles. The Kier molecular flexibility index (Phi) is 3.65. The van der Waals surface area contributed by atoms with Crippen molar-refractivity contribution in [2.24, 2.45) is 0 Å². The van der Waals surface area contributed by atoms with E-state index in [2.05, 4.69) is 15.3 Å². The monoisotopic (exact) mass is 231 g/mol. The molecule has 0 aliphatic carbocycles. The molecule has 0 saturated heterocycles. The predicted molar refractivity (Wildman–Crippen MR) is 65.4 cm³/mol. The van der Waals surface area contributed by atoms with Crippen molar-refractivity contribution >= 4 is 5.82 Å². The van der Waals surface area contributed by atoms with Gasteiger partial charge in [-0.3, -0.25) is 4.98 Å². The minimum Gasteiger partial charge on any atom is -0.368 e. The zero-order chi connectivity index (χ0) is 12.1. The summed E-state index contributed by atoms with van der Waals surface area (Å²) in [6.45, 7) is 2.67. The van der Waals surface area contributed by atoms with E-state index in [0.717, 1.165) is 29.9 Å². The third kappa shape index (κ3) is 3.24. The highest BCUT2D eigenvalue weighted by Gasteiger charge is 2.00. The summed E-state index contributed by atoms with van der Waals surface area (Å²) < 4.78 is 12.9. The summed E-state index contributed by atoms with van der Waals surface area (Å²) in [4.78, 5) is 8.08. The second-order valence-corrected chi connectivity index (χ2v) is 3.84. The van der Waals surface area contributed by atoms with E-state index in [1.54, 1.807) is 24.7 Å². The Morgan fingerprint density at radius 1 is 1.29 bits per heavy atom. The minimum absolute atomic E-state index is 0.187. The molecule has 2 rings (SSSR count). The Morgan fingerprint density at radius 3 is 2.88 bits per heavy atom. The number of aryl methyl sites for hydroxylation is 1. The molecule has 1 aromatic heterocycles. The van der Waals surface area contributed by atoms with E-state index in [4.69, 9.17) is 0 Å². The molecule has 0 aliphatic heterocycles. The van der Waals surface area contributed by atoms with Crippen molar-refractivity contribution in [2.75, 3.05) is 11.9 Å². The van der Waals surface area contributed by atoms with Gasteiger partial charge < -0.3 is 5.32 Å². The van der Waals surface area contributed by atoms with Crippen molar-refractivity contribution in [3.05, 3.63) is 53.7 Å². The maximum atomic E-state index is 12.9. The first-order valence-electron chi connectivity index (χ1n) is 5.50. The van der Waals surface area contributed by atoms with Crippen molar-refractivity contribution in [3.63, 3.8) is 0 Å². The van der Waals surface area contributed by atoms with Crippen LogP contribution in [0.5, 0.6) is 0 Å². The van der Waals surface area contributed by atoms with E-state index < -0.39 is 0 Å². The van der Waals surface area contributed by atoms with Crippen LogP contribution in [-0.2, 0) is 6.42 Å². The summed E-state index contributed by atoms with van der Waals surface area (Å²) in [6.07, 6.45) is 5.79. The molecule has 1 aromatic carbocycles. The number of aromatic nitrogens is 2. The molecule has 17 heavy (non-hydrogen) atoms. The second kappa shape index (κ2) is 5.39. The molecule has 4 heteroatoms. The van der Waals surface area contributed by atoms with Gasteiger partial charge in [-0.1, -0.05) is 6.07 Å². The van der Waals surface area contributed by atoms with Gasteiger partial charge in [0.2, 0.25) is 0 Å². The number of hydrogen-bond acceptors (Lipinski definition) is 3. The van der Waals surface area contributed by atoms with Crippen molar-refractivity contribution < 1.29 is 4.39 Å². The average molecular weight is 231 g/mol. The Hall–Kier alpha value is -1.97. The van der Waals surface area contributed by atoms with Gasteiger partial charge in [-0.2, -0.15) is 0 Å². The normalized spacial score (nSPS) is 10.2. The predicted octanol–water partition coefficient (Wildman–Crippen LogP) is 2.58. The van der Waals surface area contributed by atoms with Crippen LogP contribution in [0.2, 0.25) is 0 Å². The van der Waals surface area contributed by atoms with E-state index in [1.807, 2.05) is 13.0 Å². The largest absolute Gasteiger partial charge is 0.368 e. The first-order valence-corrected chi connectivity index (χ1v) is 5.50. The van der Waals surface area contributed by atoms with Crippen LogP contribution in [0.15, 0.2) is 36.8 Å². The fourth-order valence-corrected chi connectivity index (χ4v) is 1.66. The number of nitrogens with zero attached hydrogens (tertiary/aromatic N) is 2. The number of anilines is 1. The van der Waals surface area contributed by atoms with Gasteiger partial charge in [-0.05, 0) is 36.6 Å². The molecule has 0 aliphatic rings. The highest BCUT2D eigenvalue weighted by molar-refractivity contribution is 5.32. The van der Waals surface area contributed by atoms with Gasteiger partial charge >= 0.3 is 0 Å². The van der Waals surface area contributed by atoms with Gasteiger partial charge in [0, 0.05) is 18.9 Å². The Bertz CT molecular complexity index is 485. The van der Waals surface area contributed by atoms with E-state index in [-0.39, 0.29) is 5.82 Å². The van der Waals surface area contributed by atoms with E-state index in [0.29, 0.717) is 0 Å². The van der Waals surface area contributed by atoms with E-state index in [1.165, 1.54) is 6.07 Å². The number of nitrogens with one attached hydrogen (secondary N) is 1. The SMILES string of the molecule is Cc1cc(F)ccc1CCNc1cnccn1. The lowest BCUT2D eigenvalue weighted by Crippen LogP contribution is -2.07. The molecule has 0 amide bonds. The molecule has 1 heterocycles. The maximum absolute atomic E-state index is 12.9. The summed E-state index contributed by atoms with van der Waals surface area (Å²) in [6, 6.07) is 4.87. The van der Waals surface area contributed by atoms with Gasteiger partial charge in [0.25, 0.3) is 0 Å². The lowest BCUT2D eigenvalue weighted by molar-refractivity contribution is 0.625. The molecule has 3 nitrogen and oxygen atoms in total. The first kappa shape index (κ1) is 11.5. The Morgan fingerprint density at radius 2 is 2.18 bits per heavy atom. The van der Waals surface area contributed by atoms with E-state index >= 15 is 0 Å². The van der Waals surface area contributed by atoms with Crippen molar-refractivity contribution in [2.45, 2.75) is 13.3 Å². The lowest BCUT2D eigenvalue weighted by atomic mass is 10.1. The summed E-state index contributed by atoms with van der Waals surface area (Å²) in [5.74, 6) is 0.570. The molecular weight excluding hydrogens is 217 g/mol. The minimum atomic E-state index is -0.187. The summed E-state index contributed by atoms with van der Waals surface area (Å²) in [7, 11) is 0. The van der Waals surface area contributed by atoms with Crippen LogP contribution < -0.4 is 5.32 Å². The zero-order valence-electron chi connectivity index (χ0n) is 9.65. The fraction of sp³-hybridized carbons (Fsp3) is 0.231. The van der Waals surface area contributed by atoms with Crippen LogP contribution in [0.25, 0.3) is 0 Å². The van der Waals surface area contributed by atoms with Crippen molar-refractivity contribution in [3.8, 4) is 0 Å². The highest BCUT2D eigenvalue weighted by Crippen LogP contribution is 2.10. The average Bonchev–Trinajstić information content (AvgIpc) is 2.33. The highest BCUT2D eigenvalue weighted by atomic mass is 19.1. The molecule has 88 valence electrons. The zero-order valence-corrected chi connectivity index (χ0v) is 9.65. The molecule has 0 radical (unpaired) electrons. The van der Waals surface area contributed by atoms with Gasteiger partial charge in [-0.25, -0.2) is 9.37 Å². The summed E-state index contributed by atoms with van der Waals surface area (Å²) in [5.41, 5.74) is 2.12. The Labute approximate surface area is 99.7 Å². The van der Waals surface area contributed by atoms with Crippen LogP contribution in [0.4, 0.5) is 10.2 Å². The summed E-state index contributed by atoms with van der Waals surface area (Å²) >= 11 is 0. The summed E-state index contributed by atoms with van der Waals surface area (Å²) in [5, 5.41) is 3.17. The molecule has 0 unspecified atom stereocenters. The number of hydrogen-bond donors (Lipinski definition) is 1. The van der Waals surface area contributed by atoms with Crippen LogP contribution in [0.3, 0.4) is 0 Å². The van der Waals surface area contributed by atoms with Gasteiger partial charge in [-0.15, -0.1) is 0 Å². The molecule has 0 atom stereocenters. The molecule has 2 aromatic rings. The van der Waals surface area contributed by atoms with E-state index in [9.17, 15) is 4.39 Å². The van der Waals surface area contributed by atoms with Gasteiger partial charge in [0.1, 0.15) is 11.6 Å². The fourth-order valence-electron chi connectivity index (χ4n) is 1.66. The molecule has 0 bridgehead atoms. The third-order valence-electron chi connectivity index (χ3n) is 2.57. The number of halogens is 1. The molecular formula is C13H14FN3. The lowest BCUT2D eigenvalue weighted by Gasteiger charge is -2.07. The third-order valence-corrected chi connectivity index (χ3v) is 2.57. The van der Waals surface area contributed by atoms with Crippen molar-refractivity contribution in [1.82, 2.24) is 9.97 Å². The van der Waals surface area contributed by atoms with Crippen LogP contribution in [0.1, 0.15) is 11.1 Å². The number of benzene rings is 1. The second-order valence-electron chi connectivity index (χ2n) is 3.84. The van der Waals surface area contributed by atoms with Crippen LogP contribution in [0, 0.1) is 12.7 Å². The van der Waals surface area contributed by atoms with Crippen LogP contribution >= 0.6 is 0 Å². The standard InChI is InChI=1S/C13H14FN3/c1-10-8-12(14)3-2-11(10)4-5-16-13-9-15-6-7-17-13/h2-3,6-9H,4-5H2,1H3,(H,16,17). The number of rotatable bonds is 4. The molecule has 1 N–H and O–H groups in total. The van der Waals surface area contributed by atoms with Gasteiger partial charge in [0.15, 0.2) is 0 Å². The van der Waals surface area contributed by atoms with Crippen molar-refractivity contribution in [1.29, 1.82) is 0 Å². The first-order chi connectivity index (χ1) is 8.25. The van der Waals surface area contributed by atoms with Crippen LogP contribution in [-0.4, -0.2) is 16.5 Å². The smallest absolute Gasteiger partial charge is 0.144 e. The molecule has 0 fully saturated rings. The quantitative estimate of drug-likeness (QED) is 0.878. The van der Waals surface area contributed by atoms with Gasteiger partial charge in [0.05, 0.1) is 6.20 Å². The maximum Gasteiger partial charge on any atom is 0.144 e. The topological polar surface area (TPSA) is 37.8 Å². The Balaban J connectivity index is 1.90.